The first-order valence-electron chi connectivity index (χ1n) is 9.85. The molecule has 1 N–H and O–H groups in total. The first kappa shape index (κ1) is 19.7. The van der Waals surface area contributed by atoms with Crippen molar-refractivity contribution in [1.29, 1.82) is 5.26 Å². The summed E-state index contributed by atoms with van der Waals surface area (Å²) in [5, 5.41) is 12.4. The number of benzene rings is 2. The molecule has 0 aromatic heterocycles. The topological polar surface area (TPSA) is 62.1 Å². The zero-order valence-electron chi connectivity index (χ0n) is 16.3. The maximum absolute atomic E-state index is 12.4. The molecule has 3 rings (SSSR count). The molecule has 0 bridgehead atoms. The summed E-state index contributed by atoms with van der Waals surface area (Å²) in [6, 6.07) is 17.9. The molecule has 1 aliphatic rings. The standard InChI is InChI=1S/C24H26N2O2/c1-18-7-9-20(10-8-18)17-28-23-13-11-19(12-14-23)15-21(16-25)24(27)26-22-5-3-2-4-6-22/h7-15,22H,2-6,17H2,1H3,(H,26,27)/b21-15-. The number of hydrogen-bond acceptors (Lipinski definition) is 3. The van der Waals surface area contributed by atoms with E-state index in [2.05, 4.69) is 36.5 Å². The van der Waals surface area contributed by atoms with Crippen LogP contribution < -0.4 is 10.1 Å². The Balaban J connectivity index is 1.58. The molecule has 2 aromatic rings. The Morgan fingerprint density at radius 3 is 2.43 bits per heavy atom. The third-order valence-corrected chi connectivity index (χ3v) is 5.02. The van der Waals surface area contributed by atoms with Gasteiger partial charge < -0.3 is 10.1 Å². The van der Waals surface area contributed by atoms with Crippen LogP contribution in [0.25, 0.3) is 6.08 Å². The molecule has 0 radical (unpaired) electrons. The first-order chi connectivity index (χ1) is 13.6. The van der Waals surface area contributed by atoms with E-state index in [-0.39, 0.29) is 17.5 Å². The number of aryl methyl sites for hydroxylation is 1. The summed E-state index contributed by atoms with van der Waals surface area (Å²) >= 11 is 0. The van der Waals surface area contributed by atoms with E-state index >= 15 is 0 Å². The molecule has 2 aromatic carbocycles. The maximum atomic E-state index is 12.4. The van der Waals surface area contributed by atoms with Crippen LogP contribution >= 0.6 is 0 Å². The van der Waals surface area contributed by atoms with Crippen LogP contribution in [0.5, 0.6) is 5.75 Å². The van der Waals surface area contributed by atoms with Crippen LogP contribution in [0.1, 0.15) is 48.8 Å². The first-order valence-corrected chi connectivity index (χ1v) is 9.85. The van der Waals surface area contributed by atoms with Crippen LogP contribution in [0, 0.1) is 18.3 Å². The Hall–Kier alpha value is -3.06. The summed E-state index contributed by atoms with van der Waals surface area (Å²) in [6.45, 7) is 2.56. The number of nitriles is 1. The maximum Gasteiger partial charge on any atom is 0.262 e. The predicted octanol–water partition coefficient (Wildman–Crippen LogP) is 4.93. The number of amides is 1. The zero-order chi connectivity index (χ0) is 19.8. The molecule has 0 unspecified atom stereocenters. The van der Waals surface area contributed by atoms with Crippen LogP contribution in [-0.4, -0.2) is 11.9 Å². The lowest BCUT2D eigenvalue weighted by atomic mass is 9.95. The summed E-state index contributed by atoms with van der Waals surface area (Å²) in [4.78, 5) is 12.4. The van der Waals surface area contributed by atoms with Crippen molar-refractivity contribution in [3.63, 3.8) is 0 Å². The lowest BCUT2D eigenvalue weighted by Gasteiger charge is -2.22. The SMILES string of the molecule is Cc1ccc(COc2ccc(/C=C(/C#N)C(=O)NC3CCCCC3)cc2)cc1. The fourth-order valence-corrected chi connectivity index (χ4v) is 3.34. The highest BCUT2D eigenvalue weighted by Gasteiger charge is 2.18. The van der Waals surface area contributed by atoms with Crippen molar-refractivity contribution in [3.8, 4) is 11.8 Å². The van der Waals surface area contributed by atoms with Gasteiger partial charge in [0, 0.05) is 6.04 Å². The van der Waals surface area contributed by atoms with Crippen LogP contribution in [0.15, 0.2) is 54.1 Å². The largest absolute Gasteiger partial charge is 0.489 e. The third kappa shape index (κ3) is 5.72. The van der Waals surface area contributed by atoms with Crippen molar-refractivity contribution in [2.75, 3.05) is 0 Å². The summed E-state index contributed by atoms with van der Waals surface area (Å²) in [5.74, 6) is 0.469. The molecular weight excluding hydrogens is 348 g/mol. The normalized spacial score (nSPS) is 14.9. The predicted molar refractivity (Wildman–Crippen MR) is 111 cm³/mol. The van der Waals surface area contributed by atoms with Gasteiger partial charge >= 0.3 is 0 Å². The van der Waals surface area contributed by atoms with Gasteiger partial charge in [0.25, 0.3) is 5.91 Å². The molecule has 0 atom stereocenters. The van der Waals surface area contributed by atoms with Crippen molar-refractivity contribution in [3.05, 3.63) is 70.8 Å². The molecule has 0 saturated heterocycles. The third-order valence-electron chi connectivity index (χ3n) is 5.02. The second-order valence-electron chi connectivity index (χ2n) is 7.32. The highest BCUT2D eigenvalue weighted by atomic mass is 16.5. The molecule has 0 spiro atoms. The fraction of sp³-hybridized carbons (Fsp3) is 0.333. The number of carbonyl (C=O) groups excluding carboxylic acids is 1. The quantitative estimate of drug-likeness (QED) is 0.576. The van der Waals surface area contributed by atoms with Crippen molar-refractivity contribution >= 4 is 12.0 Å². The van der Waals surface area contributed by atoms with E-state index in [0.717, 1.165) is 42.6 Å². The van der Waals surface area contributed by atoms with E-state index in [1.807, 2.05) is 30.3 Å². The van der Waals surface area contributed by atoms with Crippen LogP contribution in [0.3, 0.4) is 0 Å². The van der Waals surface area contributed by atoms with Crippen molar-refractivity contribution in [2.45, 2.75) is 51.7 Å². The summed E-state index contributed by atoms with van der Waals surface area (Å²) in [5.41, 5.74) is 3.28. The van der Waals surface area contributed by atoms with Gasteiger partial charge in [-0.2, -0.15) is 5.26 Å². The highest BCUT2D eigenvalue weighted by Crippen LogP contribution is 2.19. The number of nitrogens with one attached hydrogen (secondary N) is 1. The Kier molecular flexibility index (Phi) is 6.86. The Morgan fingerprint density at radius 1 is 1.11 bits per heavy atom. The number of rotatable bonds is 6. The van der Waals surface area contributed by atoms with Gasteiger partial charge in [0.15, 0.2) is 0 Å². The number of nitrogens with zero attached hydrogens (tertiary/aromatic N) is 1. The molecule has 0 aliphatic heterocycles. The van der Waals surface area contributed by atoms with Gasteiger partial charge in [-0.1, -0.05) is 61.2 Å². The Labute approximate surface area is 166 Å². The van der Waals surface area contributed by atoms with Crippen LogP contribution in [0.2, 0.25) is 0 Å². The van der Waals surface area contributed by atoms with Crippen LogP contribution in [-0.2, 0) is 11.4 Å². The summed E-state index contributed by atoms with van der Waals surface area (Å²) in [6.07, 6.45) is 7.13. The molecule has 1 fully saturated rings. The Bertz CT molecular complexity index is 855. The van der Waals surface area contributed by atoms with Crippen molar-refractivity contribution in [1.82, 2.24) is 5.32 Å². The van der Waals surface area contributed by atoms with Gasteiger partial charge in [-0.25, -0.2) is 0 Å². The van der Waals surface area contributed by atoms with E-state index in [1.165, 1.54) is 12.0 Å². The average molecular weight is 374 g/mol. The summed E-state index contributed by atoms with van der Waals surface area (Å²) < 4.78 is 5.80. The van der Waals surface area contributed by atoms with Gasteiger partial charge in [0.05, 0.1) is 0 Å². The van der Waals surface area contributed by atoms with E-state index in [0.29, 0.717) is 6.61 Å². The average Bonchev–Trinajstić information content (AvgIpc) is 2.73. The Morgan fingerprint density at radius 2 is 1.79 bits per heavy atom. The molecule has 1 amide bonds. The lowest BCUT2D eigenvalue weighted by Crippen LogP contribution is -2.36. The van der Waals surface area contributed by atoms with E-state index < -0.39 is 0 Å². The number of ether oxygens (including phenoxy) is 1. The van der Waals surface area contributed by atoms with E-state index in [9.17, 15) is 10.1 Å². The van der Waals surface area contributed by atoms with Crippen LogP contribution in [0.4, 0.5) is 0 Å². The molecule has 28 heavy (non-hydrogen) atoms. The number of carbonyl (C=O) groups is 1. The smallest absolute Gasteiger partial charge is 0.262 e. The minimum atomic E-state index is -0.283. The molecule has 1 saturated carbocycles. The second-order valence-corrected chi connectivity index (χ2v) is 7.32. The zero-order valence-corrected chi connectivity index (χ0v) is 16.3. The monoisotopic (exact) mass is 374 g/mol. The van der Waals surface area contributed by atoms with Gasteiger partial charge in [0.2, 0.25) is 0 Å². The molecule has 1 aliphatic carbocycles. The van der Waals surface area contributed by atoms with Crippen molar-refractivity contribution < 1.29 is 9.53 Å². The molecule has 0 heterocycles. The second kappa shape index (κ2) is 9.75. The van der Waals surface area contributed by atoms with Gasteiger partial charge in [-0.3, -0.25) is 4.79 Å². The molecule has 144 valence electrons. The van der Waals surface area contributed by atoms with E-state index in [1.54, 1.807) is 6.08 Å². The molecule has 4 heteroatoms. The van der Waals surface area contributed by atoms with Crippen molar-refractivity contribution in [2.24, 2.45) is 0 Å². The molecule has 4 nitrogen and oxygen atoms in total. The number of hydrogen-bond donors (Lipinski definition) is 1. The summed E-state index contributed by atoms with van der Waals surface area (Å²) in [7, 11) is 0. The minimum absolute atomic E-state index is 0.138. The minimum Gasteiger partial charge on any atom is -0.489 e. The lowest BCUT2D eigenvalue weighted by molar-refractivity contribution is -0.117. The van der Waals surface area contributed by atoms with Gasteiger partial charge in [0.1, 0.15) is 24.0 Å². The van der Waals surface area contributed by atoms with Gasteiger partial charge in [-0.05, 0) is 49.1 Å². The molecular formula is C24H26N2O2. The van der Waals surface area contributed by atoms with Gasteiger partial charge in [-0.15, -0.1) is 0 Å². The highest BCUT2D eigenvalue weighted by molar-refractivity contribution is 6.01. The van der Waals surface area contributed by atoms with E-state index in [4.69, 9.17) is 4.74 Å². The fourth-order valence-electron chi connectivity index (χ4n) is 3.34.